The highest BCUT2D eigenvalue weighted by atomic mass is 32.1. The first-order chi connectivity index (χ1) is 9.38. The quantitative estimate of drug-likeness (QED) is 0.842. The molecule has 1 saturated heterocycles. The molecule has 2 aromatic rings. The molecule has 1 fully saturated rings. The smallest absolute Gasteiger partial charge is 0.146 e. The summed E-state index contributed by atoms with van der Waals surface area (Å²) in [5.74, 6) is 0.759. The van der Waals surface area contributed by atoms with Gasteiger partial charge in [-0.05, 0) is 23.6 Å². The molecule has 4 nitrogen and oxygen atoms in total. The summed E-state index contributed by atoms with van der Waals surface area (Å²) in [4.78, 5) is 7.69. The average molecular weight is 271 g/mol. The van der Waals surface area contributed by atoms with Crippen molar-refractivity contribution in [2.24, 2.45) is 0 Å². The third-order valence-electron chi connectivity index (χ3n) is 3.13. The minimum Gasteiger partial charge on any atom is -0.369 e. The first-order valence-corrected chi connectivity index (χ1v) is 7.01. The van der Waals surface area contributed by atoms with Crippen molar-refractivity contribution in [3.63, 3.8) is 0 Å². The molecular formula is C14H13N3OS. The molecule has 1 unspecified atom stereocenters. The van der Waals surface area contributed by atoms with Crippen molar-refractivity contribution in [2.45, 2.75) is 6.10 Å². The third-order valence-corrected chi connectivity index (χ3v) is 4.10. The molecule has 2 aromatic heterocycles. The lowest BCUT2D eigenvalue weighted by molar-refractivity contribution is 0.0418. The third kappa shape index (κ3) is 2.46. The van der Waals surface area contributed by atoms with Gasteiger partial charge in [-0.1, -0.05) is 6.07 Å². The van der Waals surface area contributed by atoms with Gasteiger partial charge < -0.3 is 9.64 Å². The Morgan fingerprint density at radius 3 is 3.16 bits per heavy atom. The average Bonchev–Trinajstić information content (AvgIpc) is 3.01. The van der Waals surface area contributed by atoms with Crippen LogP contribution in [0.4, 0.5) is 5.82 Å². The first-order valence-electron chi connectivity index (χ1n) is 6.13. The van der Waals surface area contributed by atoms with Crippen molar-refractivity contribution < 1.29 is 4.74 Å². The van der Waals surface area contributed by atoms with Crippen molar-refractivity contribution in [1.82, 2.24) is 4.98 Å². The van der Waals surface area contributed by atoms with Gasteiger partial charge in [-0.2, -0.15) is 5.26 Å². The van der Waals surface area contributed by atoms with E-state index in [0.717, 1.165) is 18.9 Å². The zero-order valence-corrected chi connectivity index (χ0v) is 11.1. The molecule has 3 rings (SSSR count). The highest BCUT2D eigenvalue weighted by molar-refractivity contribution is 7.10. The van der Waals surface area contributed by atoms with Gasteiger partial charge in [0.25, 0.3) is 0 Å². The summed E-state index contributed by atoms with van der Waals surface area (Å²) in [6.45, 7) is 2.17. The Labute approximate surface area is 115 Å². The van der Waals surface area contributed by atoms with Crippen molar-refractivity contribution in [1.29, 1.82) is 5.26 Å². The maximum absolute atomic E-state index is 9.15. The number of thiophene rings is 1. The Morgan fingerprint density at radius 1 is 1.42 bits per heavy atom. The summed E-state index contributed by atoms with van der Waals surface area (Å²) < 4.78 is 5.81. The van der Waals surface area contributed by atoms with Gasteiger partial charge in [0.15, 0.2) is 0 Å². The summed E-state index contributed by atoms with van der Waals surface area (Å²) in [5.41, 5.74) is 0.620. The highest BCUT2D eigenvalue weighted by Crippen LogP contribution is 2.28. The number of hydrogen-bond donors (Lipinski definition) is 0. The first kappa shape index (κ1) is 12.2. The Bertz CT molecular complexity index is 591. The van der Waals surface area contributed by atoms with Crippen LogP contribution in [0.25, 0.3) is 0 Å². The van der Waals surface area contributed by atoms with Crippen LogP contribution in [0.3, 0.4) is 0 Å². The molecule has 0 spiro atoms. The molecule has 0 aromatic carbocycles. The minimum atomic E-state index is 0.0716. The van der Waals surface area contributed by atoms with Crippen LogP contribution in [0.1, 0.15) is 16.5 Å². The Hall–Kier alpha value is -1.90. The van der Waals surface area contributed by atoms with Gasteiger partial charge in [0.05, 0.1) is 18.7 Å². The van der Waals surface area contributed by atoms with Gasteiger partial charge >= 0.3 is 0 Å². The standard InChI is InChI=1S/C14H13N3OS/c15-9-11-3-1-5-16-14(11)17-6-7-18-12(10-17)13-4-2-8-19-13/h1-5,8,12H,6-7,10H2. The number of ether oxygens (including phenoxy) is 1. The fourth-order valence-corrected chi connectivity index (χ4v) is 2.99. The molecule has 96 valence electrons. The van der Waals surface area contributed by atoms with Crippen molar-refractivity contribution in [3.05, 3.63) is 46.3 Å². The number of anilines is 1. The molecule has 0 amide bonds. The van der Waals surface area contributed by atoms with Crippen LogP contribution in [0.15, 0.2) is 35.8 Å². The highest BCUT2D eigenvalue weighted by Gasteiger charge is 2.24. The molecule has 0 radical (unpaired) electrons. The number of pyridine rings is 1. The Kier molecular flexibility index (Phi) is 3.45. The molecule has 0 bridgehead atoms. The molecule has 0 N–H and O–H groups in total. The topological polar surface area (TPSA) is 49.2 Å². The van der Waals surface area contributed by atoms with Gasteiger partial charge in [-0.25, -0.2) is 4.98 Å². The van der Waals surface area contributed by atoms with E-state index in [1.165, 1.54) is 4.88 Å². The molecule has 3 heterocycles. The van der Waals surface area contributed by atoms with Crippen LogP contribution >= 0.6 is 11.3 Å². The largest absolute Gasteiger partial charge is 0.369 e. The summed E-state index contributed by atoms with van der Waals surface area (Å²) in [7, 11) is 0. The van der Waals surface area contributed by atoms with E-state index in [2.05, 4.69) is 27.4 Å². The lowest BCUT2D eigenvalue weighted by Crippen LogP contribution is -2.39. The van der Waals surface area contributed by atoms with E-state index < -0.39 is 0 Å². The number of hydrogen-bond acceptors (Lipinski definition) is 5. The lowest BCUT2D eigenvalue weighted by atomic mass is 10.2. The van der Waals surface area contributed by atoms with E-state index in [1.54, 1.807) is 29.7 Å². The van der Waals surface area contributed by atoms with E-state index in [0.29, 0.717) is 12.2 Å². The van der Waals surface area contributed by atoms with Crippen LogP contribution in [-0.4, -0.2) is 24.7 Å². The summed E-state index contributed by atoms with van der Waals surface area (Å²) in [6, 6.07) is 9.91. The number of aromatic nitrogens is 1. The van der Waals surface area contributed by atoms with Gasteiger partial charge in [-0.3, -0.25) is 0 Å². The van der Waals surface area contributed by atoms with Crippen LogP contribution < -0.4 is 4.90 Å². The zero-order chi connectivity index (χ0) is 13.1. The normalized spacial score (nSPS) is 19.1. The van der Waals surface area contributed by atoms with Crippen molar-refractivity contribution >= 4 is 17.2 Å². The second-order valence-corrected chi connectivity index (χ2v) is 5.29. The van der Waals surface area contributed by atoms with E-state index in [1.807, 2.05) is 6.07 Å². The van der Waals surface area contributed by atoms with Crippen molar-refractivity contribution in [2.75, 3.05) is 24.6 Å². The number of nitrogens with zero attached hydrogens (tertiary/aromatic N) is 3. The summed E-state index contributed by atoms with van der Waals surface area (Å²) in [5, 5.41) is 11.2. The molecule has 5 heteroatoms. The maximum atomic E-state index is 9.15. The molecule has 0 saturated carbocycles. The zero-order valence-electron chi connectivity index (χ0n) is 10.3. The van der Waals surface area contributed by atoms with Crippen molar-refractivity contribution in [3.8, 4) is 6.07 Å². The molecule has 1 atom stereocenters. The second kappa shape index (κ2) is 5.39. The maximum Gasteiger partial charge on any atom is 0.146 e. The molecule has 0 aliphatic carbocycles. The van der Waals surface area contributed by atoms with Gasteiger partial charge in [0.1, 0.15) is 18.0 Å². The predicted octanol–water partition coefficient (Wildman–Crippen LogP) is 2.59. The van der Waals surface area contributed by atoms with E-state index in [-0.39, 0.29) is 6.10 Å². The lowest BCUT2D eigenvalue weighted by Gasteiger charge is -2.33. The fraction of sp³-hybridized carbons (Fsp3) is 0.286. The van der Waals surface area contributed by atoms with E-state index in [9.17, 15) is 0 Å². The fourth-order valence-electron chi connectivity index (χ4n) is 2.22. The van der Waals surface area contributed by atoms with Gasteiger partial charge in [0.2, 0.25) is 0 Å². The SMILES string of the molecule is N#Cc1cccnc1N1CCOC(c2cccs2)C1. The van der Waals surface area contributed by atoms with Crippen LogP contribution in [-0.2, 0) is 4.74 Å². The minimum absolute atomic E-state index is 0.0716. The molecule has 19 heavy (non-hydrogen) atoms. The molecular weight excluding hydrogens is 258 g/mol. The summed E-state index contributed by atoms with van der Waals surface area (Å²) >= 11 is 1.70. The van der Waals surface area contributed by atoms with Gasteiger partial charge in [-0.15, -0.1) is 11.3 Å². The summed E-state index contributed by atoms with van der Waals surface area (Å²) in [6.07, 6.45) is 1.80. The van der Waals surface area contributed by atoms with Crippen LogP contribution in [0, 0.1) is 11.3 Å². The number of nitriles is 1. The van der Waals surface area contributed by atoms with E-state index in [4.69, 9.17) is 10.00 Å². The number of rotatable bonds is 2. The Morgan fingerprint density at radius 2 is 2.37 bits per heavy atom. The van der Waals surface area contributed by atoms with E-state index >= 15 is 0 Å². The monoisotopic (exact) mass is 271 g/mol. The van der Waals surface area contributed by atoms with Crippen LogP contribution in [0.2, 0.25) is 0 Å². The Balaban J connectivity index is 1.84. The molecule has 1 aliphatic rings. The predicted molar refractivity (Wildman–Crippen MR) is 74.2 cm³/mol. The number of morpholine rings is 1. The van der Waals surface area contributed by atoms with Gasteiger partial charge in [0, 0.05) is 17.6 Å². The van der Waals surface area contributed by atoms with Crippen LogP contribution in [0.5, 0.6) is 0 Å². The second-order valence-electron chi connectivity index (χ2n) is 4.31. The molecule has 1 aliphatic heterocycles.